The molecule has 0 aliphatic heterocycles. The summed E-state index contributed by atoms with van der Waals surface area (Å²) in [6.07, 6.45) is 3.30. The van der Waals surface area contributed by atoms with Crippen molar-refractivity contribution in [2.45, 2.75) is 13.3 Å². The lowest BCUT2D eigenvalue weighted by atomic mass is 10.2. The molecule has 3 amide bonds. The van der Waals surface area contributed by atoms with Crippen molar-refractivity contribution < 1.29 is 29.0 Å². The van der Waals surface area contributed by atoms with Gasteiger partial charge in [-0.2, -0.15) is 0 Å². The van der Waals surface area contributed by atoms with Crippen LogP contribution in [0.2, 0.25) is 0 Å². The van der Waals surface area contributed by atoms with Crippen molar-refractivity contribution in [2.75, 3.05) is 20.3 Å². The average molecular weight is 336 g/mol. The van der Waals surface area contributed by atoms with Crippen LogP contribution in [0.25, 0.3) is 6.08 Å². The first-order valence-corrected chi connectivity index (χ1v) is 7.25. The van der Waals surface area contributed by atoms with Gasteiger partial charge in [-0.15, -0.1) is 0 Å². The Morgan fingerprint density at radius 3 is 2.71 bits per heavy atom. The summed E-state index contributed by atoms with van der Waals surface area (Å²) in [6.45, 7) is 1.75. The molecule has 0 radical (unpaired) electrons. The van der Waals surface area contributed by atoms with Crippen molar-refractivity contribution in [3.05, 3.63) is 29.8 Å². The molecule has 0 fully saturated rings. The van der Waals surface area contributed by atoms with Gasteiger partial charge in [0.25, 0.3) is 5.91 Å². The van der Waals surface area contributed by atoms with Crippen LogP contribution in [-0.2, 0) is 14.3 Å². The quantitative estimate of drug-likeness (QED) is 0.509. The van der Waals surface area contributed by atoms with Crippen LogP contribution in [0.4, 0.5) is 4.79 Å². The number of methoxy groups -OCH3 is 1. The molecule has 8 heteroatoms. The number of hydrogen-bond donors (Lipinski definition) is 3. The molecule has 0 saturated heterocycles. The second kappa shape index (κ2) is 9.88. The Morgan fingerprint density at radius 1 is 1.29 bits per heavy atom. The predicted molar refractivity (Wildman–Crippen MR) is 86.5 cm³/mol. The summed E-state index contributed by atoms with van der Waals surface area (Å²) in [5.41, 5.74) is 0.602. The number of aromatic hydroxyl groups is 1. The molecule has 24 heavy (non-hydrogen) atoms. The minimum Gasteiger partial charge on any atom is -0.504 e. The van der Waals surface area contributed by atoms with Gasteiger partial charge in [-0.3, -0.25) is 10.1 Å². The van der Waals surface area contributed by atoms with E-state index in [2.05, 4.69) is 5.32 Å². The molecule has 8 nitrogen and oxygen atoms in total. The number of ether oxygens (including phenoxy) is 2. The molecular weight excluding hydrogens is 316 g/mol. The average Bonchev–Trinajstić information content (AvgIpc) is 2.57. The van der Waals surface area contributed by atoms with Crippen molar-refractivity contribution in [1.82, 2.24) is 10.6 Å². The number of amides is 3. The summed E-state index contributed by atoms with van der Waals surface area (Å²) >= 11 is 0. The number of nitrogens with one attached hydrogen (secondary N) is 2. The molecule has 0 heterocycles. The van der Waals surface area contributed by atoms with Gasteiger partial charge in [-0.25, -0.2) is 9.59 Å². The fourth-order valence-electron chi connectivity index (χ4n) is 1.59. The highest BCUT2D eigenvalue weighted by atomic mass is 16.5. The van der Waals surface area contributed by atoms with Crippen LogP contribution in [0.1, 0.15) is 18.9 Å². The number of carbonyl (C=O) groups excluding carboxylic acids is 3. The third-order valence-electron chi connectivity index (χ3n) is 2.75. The fourth-order valence-corrected chi connectivity index (χ4v) is 1.59. The Balaban J connectivity index is 2.43. The van der Waals surface area contributed by atoms with Gasteiger partial charge in [0.15, 0.2) is 18.1 Å². The zero-order valence-corrected chi connectivity index (χ0v) is 13.5. The normalized spacial score (nSPS) is 10.2. The van der Waals surface area contributed by atoms with E-state index in [0.717, 1.165) is 12.5 Å². The van der Waals surface area contributed by atoms with E-state index in [0.29, 0.717) is 12.1 Å². The number of esters is 1. The summed E-state index contributed by atoms with van der Waals surface area (Å²) < 4.78 is 9.66. The largest absolute Gasteiger partial charge is 0.504 e. The van der Waals surface area contributed by atoms with Crippen LogP contribution in [0.5, 0.6) is 11.5 Å². The number of phenolic OH excluding ortho intramolecular Hbond substituents is 1. The highest BCUT2D eigenvalue weighted by Gasteiger charge is 2.09. The van der Waals surface area contributed by atoms with Gasteiger partial charge in [0.05, 0.1) is 7.11 Å². The molecule has 1 rings (SSSR count). The first kappa shape index (κ1) is 19.0. The SMILES string of the molecule is CCCNC(=O)NC(=O)COC(=O)/C=C/c1ccc(O)c(OC)c1. The molecular formula is C16H20N2O6. The molecule has 3 N–H and O–H groups in total. The number of urea groups is 1. The number of rotatable bonds is 7. The monoisotopic (exact) mass is 336 g/mol. The molecule has 0 atom stereocenters. The van der Waals surface area contributed by atoms with E-state index in [9.17, 15) is 19.5 Å². The number of benzene rings is 1. The minimum absolute atomic E-state index is 0.0183. The maximum absolute atomic E-state index is 11.5. The van der Waals surface area contributed by atoms with E-state index in [1.807, 2.05) is 12.2 Å². The smallest absolute Gasteiger partial charge is 0.331 e. The van der Waals surface area contributed by atoms with Gasteiger partial charge in [-0.05, 0) is 30.2 Å². The molecule has 130 valence electrons. The molecule has 0 aromatic heterocycles. The first-order valence-electron chi connectivity index (χ1n) is 7.25. The van der Waals surface area contributed by atoms with E-state index >= 15 is 0 Å². The van der Waals surface area contributed by atoms with E-state index in [1.165, 1.54) is 25.3 Å². The van der Waals surface area contributed by atoms with Gasteiger partial charge in [0, 0.05) is 12.6 Å². The summed E-state index contributed by atoms with van der Waals surface area (Å²) in [4.78, 5) is 34.2. The van der Waals surface area contributed by atoms with Crippen molar-refractivity contribution in [1.29, 1.82) is 0 Å². The van der Waals surface area contributed by atoms with E-state index in [4.69, 9.17) is 9.47 Å². The van der Waals surface area contributed by atoms with Crippen LogP contribution < -0.4 is 15.4 Å². The van der Waals surface area contributed by atoms with Crippen LogP contribution >= 0.6 is 0 Å². The molecule has 0 aliphatic rings. The topological polar surface area (TPSA) is 114 Å². The molecule has 1 aromatic rings. The highest BCUT2D eigenvalue weighted by Crippen LogP contribution is 2.26. The lowest BCUT2D eigenvalue weighted by Crippen LogP contribution is -2.41. The maximum Gasteiger partial charge on any atom is 0.331 e. The minimum atomic E-state index is -0.744. The number of carbonyl (C=O) groups is 3. The molecule has 0 aliphatic carbocycles. The van der Waals surface area contributed by atoms with Gasteiger partial charge >= 0.3 is 12.0 Å². The third kappa shape index (κ3) is 6.82. The number of phenols is 1. The summed E-state index contributed by atoms with van der Waals surface area (Å²) in [7, 11) is 1.41. The zero-order valence-electron chi connectivity index (χ0n) is 13.5. The molecule has 0 saturated carbocycles. The van der Waals surface area contributed by atoms with E-state index < -0.39 is 24.5 Å². The van der Waals surface area contributed by atoms with Crippen molar-refractivity contribution in [3.63, 3.8) is 0 Å². The highest BCUT2D eigenvalue weighted by molar-refractivity contribution is 5.96. The first-order chi connectivity index (χ1) is 11.5. The van der Waals surface area contributed by atoms with Crippen LogP contribution in [0, 0.1) is 0 Å². The second-order valence-corrected chi connectivity index (χ2v) is 4.68. The predicted octanol–water partition coefficient (Wildman–Crippen LogP) is 1.19. The standard InChI is InChI=1S/C16H20N2O6/c1-3-8-17-16(22)18-14(20)10-24-15(21)7-5-11-4-6-12(19)13(9-11)23-2/h4-7,9,19H,3,8,10H2,1-2H3,(H2,17,18,20,22)/b7-5+. The van der Waals surface area contributed by atoms with E-state index in [1.54, 1.807) is 6.07 Å². The Labute approximate surface area is 139 Å². The van der Waals surface area contributed by atoms with Crippen molar-refractivity contribution >= 4 is 24.0 Å². The van der Waals surface area contributed by atoms with Gasteiger partial charge in [0.2, 0.25) is 0 Å². The van der Waals surface area contributed by atoms with Crippen LogP contribution in [-0.4, -0.2) is 43.3 Å². The molecule has 1 aromatic carbocycles. The molecule has 0 unspecified atom stereocenters. The summed E-state index contributed by atoms with van der Waals surface area (Å²) in [5.74, 6) is -1.22. The van der Waals surface area contributed by atoms with Crippen LogP contribution in [0.3, 0.4) is 0 Å². The Bertz CT molecular complexity index is 627. The van der Waals surface area contributed by atoms with Crippen molar-refractivity contribution in [3.8, 4) is 11.5 Å². The van der Waals surface area contributed by atoms with Crippen molar-refractivity contribution in [2.24, 2.45) is 0 Å². The molecule has 0 bridgehead atoms. The van der Waals surface area contributed by atoms with Gasteiger partial charge in [0.1, 0.15) is 0 Å². The Kier molecular flexibility index (Phi) is 7.83. The fraction of sp³-hybridized carbons (Fsp3) is 0.312. The van der Waals surface area contributed by atoms with E-state index in [-0.39, 0.29) is 11.5 Å². The van der Waals surface area contributed by atoms with Crippen LogP contribution in [0.15, 0.2) is 24.3 Å². The Morgan fingerprint density at radius 2 is 2.04 bits per heavy atom. The van der Waals surface area contributed by atoms with Gasteiger partial charge in [-0.1, -0.05) is 13.0 Å². The van der Waals surface area contributed by atoms with Gasteiger partial charge < -0.3 is 19.9 Å². The number of imide groups is 1. The lowest BCUT2D eigenvalue weighted by Gasteiger charge is -2.05. The number of hydrogen-bond acceptors (Lipinski definition) is 6. The third-order valence-corrected chi connectivity index (χ3v) is 2.75. The zero-order chi connectivity index (χ0) is 17.9. The Hall–Kier alpha value is -3.03. The maximum atomic E-state index is 11.5. The summed E-state index contributed by atoms with van der Waals surface area (Å²) in [5, 5.41) is 14.0. The second-order valence-electron chi connectivity index (χ2n) is 4.68. The lowest BCUT2D eigenvalue weighted by molar-refractivity contribution is -0.143. The molecule has 0 spiro atoms. The summed E-state index contributed by atoms with van der Waals surface area (Å²) in [6, 6.07) is 3.90.